The summed E-state index contributed by atoms with van der Waals surface area (Å²) in [6.45, 7) is 2.80. The fourth-order valence-electron chi connectivity index (χ4n) is 5.48. The highest BCUT2D eigenvalue weighted by atomic mass is 35.5. The van der Waals surface area contributed by atoms with Crippen LogP contribution in [-0.4, -0.2) is 93.0 Å². The Balaban J connectivity index is 1.64. The summed E-state index contributed by atoms with van der Waals surface area (Å²) < 4.78 is 19.2. The third kappa shape index (κ3) is 9.89. The van der Waals surface area contributed by atoms with Crippen LogP contribution in [0.3, 0.4) is 0 Å². The molecule has 0 aliphatic heterocycles. The normalized spacial score (nSPS) is 19.5. The van der Waals surface area contributed by atoms with E-state index in [0.717, 1.165) is 11.1 Å². The highest BCUT2D eigenvalue weighted by Crippen LogP contribution is 2.47. The molecule has 14 heteroatoms. The molecule has 3 unspecified atom stereocenters. The van der Waals surface area contributed by atoms with Crippen LogP contribution in [0.2, 0.25) is 5.02 Å². The minimum Gasteiger partial charge on any atom is -0.488 e. The number of aliphatic hydroxyl groups excluding tert-OH is 3. The topological polar surface area (TPSA) is 186 Å². The van der Waals surface area contributed by atoms with E-state index in [4.69, 9.17) is 37.4 Å². The van der Waals surface area contributed by atoms with Crippen LogP contribution in [0.1, 0.15) is 42.5 Å². The van der Waals surface area contributed by atoms with Gasteiger partial charge in [0.15, 0.2) is 0 Å². The Kier molecular flexibility index (Phi) is 14.6. The average molecular weight is 756 g/mol. The highest BCUT2D eigenvalue weighted by molar-refractivity contribution is 6.32. The Morgan fingerprint density at radius 1 is 1.10 bits per heavy atom. The van der Waals surface area contributed by atoms with Crippen molar-refractivity contribution in [2.45, 2.75) is 55.5 Å². The van der Waals surface area contributed by atoms with E-state index in [1.165, 1.54) is 13.1 Å². The number of allylic oxidation sites excluding steroid dienone is 2. The van der Waals surface area contributed by atoms with Gasteiger partial charge in [-0.2, -0.15) is 5.26 Å². The zero-order chi connectivity index (χ0) is 37.8. The Hall–Kier alpha value is -4.03. The zero-order valence-electron chi connectivity index (χ0n) is 29.0. The van der Waals surface area contributed by atoms with Crippen LogP contribution < -0.4 is 20.1 Å². The molecule has 1 aromatic heterocycles. The Labute approximate surface area is 313 Å². The number of hydrogen-bond acceptors (Lipinski definition) is 11. The van der Waals surface area contributed by atoms with E-state index < -0.39 is 34.6 Å². The maximum atomic E-state index is 11.9. The number of pyridine rings is 1. The maximum absolute atomic E-state index is 11.9. The molecule has 2 aromatic carbocycles. The number of benzene rings is 2. The smallest absolute Gasteiger partial charge is 0.326 e. The van der Waals surface area contributed by atoms with Gasteiger partial charge in [0, 0.05) is 42.7 Å². The number of rotatable bonds is 20. The van der Waals surface area contributed by atoms with Gasteiger partial charge in [0.05, 0.1) is 36.4 Å². The fraction of sp³-hybridized carbons (Fsp3) is 0.395. The predicted molar refractivity (Wildman–Crippen MR) is 197 cm³/mol. The van der Waals surface area contributed by atoms with Crippen LogP contribution in [-0.2, 0) is 22.7 Å². The first-order valence-corrected chi connectivity index (χ1v) is 17.4. The van der Waals surface area contributed by atoms with Gasteiger partial charge in [0.25, 0.3) is 0 Å². The number of alkyl halides is 1. The molecular weight excluding hydrogens is 711 g/mol. The number of carbonyl (C=O) groups is 1. The molecular formula is C38H44Cl2N4O8. The summed E-state index contributed by atoms with van der Waals surface area (Å²) >= 11 is 14.3. The van der Waals surface area contributed by atoms with Crippen molar-refractivity contribution in [2.24, 2.45) is 0 Å². The Bertz CT molecular complexity index is 1760. The molecule has 0 saturated carbocycles. The van der Waals surface area contributed by atoms with E-state index in [1.54, 1.807) is 24.4 Å². The van der Waals surface area contributed by atoms with E-state index >= 15 is 0 Å². The summed E-state index contributed by atoms with van der Waals surface area (Å²) in [6, 6.07) is 16.1. The molecule has 52 heavy (non-hydrogen) atoms. The van der Waals surface area contributed by atoms with Crippen LogP contribution in [0.25, 0.3) is 5.57 Å². The maximum Gasteiger partial charge on any atom is 0.326 e. The molecule has 0 saturated heterocycles. The van der Waals surface area contributed by atoms with Crippen molar-refractivity contribution in [3.63, 3.8) is 0 Å². The van der Waals surface area contributed by atoms with Crippen molar-refractivity contribution >= 4 is 34.7 Å². The average Bonchev–Trinajstić information content (AvgIpc) is 3.15. The molecule has 3 aromatic rings. The van der Waals surface area contributed by atoms with Crippen molar-refractivity contribution in [2.75, 3.05) is 39.6 Å². The van der Waals surface area contributed by atoms with Crippen LogP contribution in [0.4, 0.5) is 0 Å². The lowest BCUT2D eigenvalue weighted by atomic mass is 9.76. The number of carboxylic acids is 1. The van der Waals surface area contributed by atoms with Gasteiger partial charge in [0.2, 0.25) is 0 Å². The SMILES string of the molecule is CC(CO)(NCc1cc(Cl)c(OCC2(OCCCNC(CO)CO)C=CC=C(c3ccccc3)C2(C)Cl)cc1OCc1cncc(C#N)c1)C(=O)O. The summed E-state index contributed by atoms with van der Waals surface area (Å²) in [7, 11) is 0. The van der Waals surface area contributed by atoms with Crippen molar-refractivity contribution in [1.29, 1.82) is 5.26 Å². The molecule has 1 aliphatic carbocycles. The summed E-state index contributed by atoms with van der Waals surface area (Å²) in [6.07, 6.45) is 9.20. The van der Waals surface area contributed by atoms with Gasteiger partial charge in [-0.1, -0.05) is 54.1 Å². The second-order valence-electron chi connectivity index (χ2n) is 12.7. The first-order valence-electron chi connectivity index (χ1n) is 16.7. The molecule has 278 valence electrons. The lowest BCUT2D eigenvalue weighted by Crippen LogP contribution is -2.55. The Morgan fingerprint density at radius 3 is 2.52 bits per heavy atom. The minimum atomic E-state index is -1.64. The monoisotopic (exact) mass is 754 g/mol. The van der Waals surface area contributed by atoms with E-state index in [1.807, 2.05) is 55.5 Å². The van der Waals surface area contributed by atoms with Gasteiger partial charge in [-0.15, -0.1) is 11.6 Å². The number of halogens is 2. The van der Waals surface area contributed by atoms with Gasteiger partial charge in [-0.3, -0.25) is 15.1 Å². The van der Waals surface area contributed by atoms with Crippen LogP contribution in [0.15, 0.2) is 79.2 Å². The number of nitrogens with one attached hydrogen (secondary N) is 2. The third-order valence-electron chi connectivity index (χ3n) is 8.90. The molecule has 12 nitrogen and oxygen atoms in total. The van der Waals surface area contributed by atoms with Crippen molar-refractivity contribution in [3.8, 4) is 17.6 Å². The number of aliphatic carboxylic acids is 1. The lowest BCUT2D eigenvalue weighted by Gasteiger charge is -2.45. The summed E-state index contributed by atoms with van der Waals surface area (Å²) in [5, 5.41) is 53.7. The molecule has 0 fully saturated rings. The van der Waals surface area contributed by atoms with E-state index in [-0.39, 0.29) is 50.4 Å². The molecule has 0 radical (unpaired) electrons. The second-order valence-corrected chi connectivity index (χ2v) is 13.9. The van der Waals surface area contributed by atoms with E-state index in [9.17, 15) is 30.5 Å². The molecule has 0 amide bonds. The zero-order valence-corrected chi connectivity index (χ0v) is 30.5. The minimum absolute atomic E-state index is 0.0228. The van der Waals surface area contributed by atoms with Crippen molar-refractivity contribution in [3.05, 3.63) is 106 Å². The standard InChI is InChI=1S/C38H44Cl2N4O8/c1-36(24-47,35(48)49)44-20-29-15-32(39)34(16-33(29)50-23-27-14-26(17-41)18-42-19-27)51-25-38(52-13-7-12-43-30(21-45)22-46)11-6-10-31(37(38,2)40)28-8-4-3-5-9-28/h3-6,8-11,14-16,18-19,30,43-47H,7,12-13,20-25H2,1-2H3,(H,48,49). The number of nitriles is 1. The molecule has 6 N–H and O–H groups in total. The third-order valence-corrected chi connectivity index (χ3v) is 9.72. The predicted octanol–water partition coefficient (Wildman–Crippen LogP) is 4.23. The summed E-state index contributed by atoms with van der Waals surface area (Å²) in [5.74, 6) is -0.692. The number of ether oxygens (including phenoxy) is 3. The van der Waals surface area contributed by atoms with Gasteiger partial charge in [-0.25, -0.2) is 0 Å². The van der Waals surface area contributed by atoms with Gasteiger partial charge >= 0.3 is 5.97 Å². The molecule has 3 atom stereocenters. The van der Waals surface area contributed by atoms with Crippen LogP contribution in [0, 0.1) is 11.3 Å². The summed E-state index contributed by atoms with van der Waals surface area (Å²) in [5.41, 5.74) is 0.346. The van der Waals surface area contributed by atoms with E-state index in [0.29, 0.717) is 35.4 Å². The van der Waals surface area contributed by atoms with Gasteiger partial charge in [0.1, 0.15) is 46.8 Å². The second kappa shape index (κ2) is 18.6. The number of aromatic nitrogens is 1. The van der Waals surface area contributed by atoms with Crippen LogP contribution in [0.5, 0.6) is 11.5 Å². The molecule has 1 aliphatic rings. The number of aliphatic hydroxyl groups is 3. The number of hydrogen-bond donors (Lipinski definition) is 6. The fourth-order valence-corrected chi connectivity index (χ4v) is 6.06. The molecule has 4 rings (SSSR count). The number of carboxylic acid groups (broad SMARTS) is 1. The van der Waals surface area contributed by atoms with Gasteiger partial charge in [-0.05, 0) is 56.2 Å². The highest BCUT2D eigenvalue weighted by Gasteiger charge is 2.51. The summed E-state index contributed by atoms with van der Waals surface area (Å²) in [4.78, 5) is 14.8. The first kappa shape index (κ1) is 40.7. The molecule has 0 spiro atoms. The largest absolute Gasteiger partial charge is 0.488 e. The van der Waals surface area contributed by atoms with Gasteiger partial charge < -0.3 is 40.0 Å². The molecule has 1 heterocycles. The van der Waals surface area contributed by atoms with E-state index in [2.05, 4.69) is 21.7 Å². The van der Waals surface area contributed by atoms with Crippen LogP contribution >= 0.6 is 23.2 Å². The van der Waals surface area contributed by atoms with Crippen molar-refractivity contribution in [1.82, 2.24) is 15.6 Å². The lowest BCUT2D eigenvalue weighted by molar-refractivity contribution is -0.145. The quantitative estimate of drug-likeness (QED) is 0.0714. The molecule has 0 bridgehead atoms. The Morgan fingerprint density at radius 2 is 1.85 bits per heavy atom. The number of nitrogens with zero attached hydrogens (tertiary/aromatic N) is 2. The van der Waals surface area contributed by atoms with Crippen molar-refractivity contribution < 1.29 is 39.4 Å². The first-order chi connectivity index (χ1) is 24.9.